The summed E-state index contributed by atoms with van der Waals surface area (Å²) in [7, 11) is 2.06. The average Bonchev–Trinajstić information content (AvgIpc) is 3.20. The van der Waals surface area contributed by atoms with E-state index < -0.39 is 0 Å². The van der Waals surface area contributed by atoms with Crippen molar-refractivity contribution in [1.82, 2.24) is 24.6 Å². The number of nitrogens with zero attached hydrogens (tertiary/aromatic N) is 5. The number of rotatable bonds is 7. The molecule has 0 atom stereocenters. The van der Waals surface area contributed by atoms with Crippen LogP contribution in [0.4, 0.5) is 0 Å². The first-order valence-corrected chi connectivity index (χ1v) is 7.33. The lowest BCUT2D eigenvalue weighted by Crippen LogP contribution is -2.20. The molecule has 0 radical (unpaired) electrons. The number of hydrogen-bond acceptors (Lipinski definition) is 5. The van der Waals surface area contributed by atoms with Crippen molar-refractivity contribution in [3.63, 3.8) is 0 Å². The smallest absolute Gasteiger partial charge is 0.241 e. The molecule has 3 heterocycles. The zero-order chi connectivity index (χ0) is 15.2. The van der Waals surface area contributed by atoms with Crippen LogP contribution in [-0.2, 0) is 13.1 Å². The Morgan fingerprint density at radius 1 is 1.18 bits per heavy atom. The molecule has 114 valence electrons. The first-order chi connectivity index (χ1) is 10.8. The zero-order valence-corrected chi connectivity index (χ0v) is 12.6. The average molecular weight is 297 g/mol. The molecule has 0 amide bonds. The van der Waals surface area contributed by atoms with Crippen molar-refractivity contribution in [1.29, 1.82) is 0 Å². The largest absolute Gasteiger partial charge is 0.354 e. The van der Waals surface area contributed by atoms with Crippen molar-refractivity contribution in [2.75, 3.05) is 13.6 Å². The van der Waals surface area contributed by atoms with Gasteiger partial charge in [-0.1, -0.05) is 5.16 Å². The van der Waals surface area contributed by atoms with E-state index in [9.17, 15) is 0 Å². The van der Waals surface area contributed by atoms with E-state index in [-0.39, 0.29) is 0 Å². The highest BCUT2D eigenvalue weighted by Gasteiger charge is 2.10. The van der Waals surface area contributed by atoms with Gasteiger partial charge in [0, 0.05) is 43.4 Å². The van der Waals surface area contributed by atoms with E-state index >= 15 is 0 Å². The van der Waals surface area contributed by atoms with Gasteiger partial charge in [-0.2, -0.15) is 4.98 Å². The fraction of sp³-hybridized carbons (Fsp3) is 0.312. The van der Waals surface area contributed by atoms with Gasteiger partial charge in [-0.05, 0) is 37.7 Å². The molecule has 0 spiro atoms. The van der Waals surface area contributed by atoms with Crippen LogP contribution in [0.2, 0.25) is 0 Å². The molecule has 0 fully saturated rings. The van der Waals surface area contributed by atoms with Crippen LogP contribution in [0.25, 0.3) is 11.4 Å². The number of aryl methyl sites for hydroxylation is 1. The second kappa shape index (κ2) is 7.00. The van der Waals surface area contributed by atoms with Crippen LogP contribution < -0.4 is 0 Å². The van der Waals surface area contributed by atoms with E-state index in [4.69, 9.17) is 4.52 Å². The molecule has 0 aromatic carbocycles. The van der Waals surface area contributed by atoms with Gasteiger partial charge in [-0.25, -0.2) is 0 Å². The normalized spacial score (nSPS) is 11.2. The Kier molecular flexibility index (Phi) is 4.60. The maximum Gasteiger partial charge on any atom is 0.241 e. The zero-order valence-electron chi connectivity index (χ0n) is 12.6. The van der Waals surface area contributed by atoms with Crippen molar-refractivity contribution in [2.24, 2.45) is 0 Å². The van der Waals surface area contributed by atoms with Crippen LogP contribution in [0, 0.1) is 0 Å². The van der Waals surface area contributed by atoms with E-state index in [1.807, 2.05) is 24.3 Å². The summed E-state index contributed by atoms with van der Waals surface area (Å²) in [6.45, 7) is 2.65. The second-order valence-corrected chi connectivity index (χ2v) is 5.26. The SMILES string of the molecule is CN(CCCn1cccc1)Cc1nc(-c2ccncc2)no1. The van der Waals surface area contributed by atoms with Gasteiger partial charge >= 0.3 is 0 Å². The Labute approximate surface area is 129 Å². The molecule has 3 rings (SSSR count). The summed E-state index contributed by atoms with van der Waals surface area (Å²) in [5, 5.41) is 4.02. The standard InChI is InChI=1S/C16H19N5O/c1-20(9-4-12-21-10-2-3-11-21)13-15-18-16(19-22-15)14-5-7-17-8-6-14/h2-3,5-8,10-11H,4,9,12-13H2,1H3. The minimum Gasteiger partial charge on any atom is -0.354 e. The molecule has 3 aromatic rings. The molecular formula is C16H19N5O. The highest BCUT2D eigenvalue weighted by Crippen LogP contribution is 2.14. The number of aromatic nitrogens is 4. The minimum absolute atomic E-state index is 0.609. The van der Waals surface area contributed by atoms with Gasteiger partial charge < -0.3 is 9.09 Å². The van der Waals surface area contributed by atoms with E-state index in [1.54, 1.807) is 12.4 Å². The summed E-state index contributed by atoms with van der Waals surface area (Å²) >= 11 is 0. The van der Waals surface area contributed by atoms with Gasteiger partial charge in [-0.15, -0.1) is 0 Å². The van der Waals surface area contributed by atoms with Gasteiger partial charge in [0.2, 0.25) is 11.7 Å². The lowest BCUT2D eigenvalue weighted by Gasteiger charge is -2.13. The predicted octanol–water partition coefficient (Wildman–Crippen LogP) is 2.46. The van der Waals surface area contributed by atoms with Gasteiger partial charge in [0.25, 0.3) is 0 Å². The van der Waals surface area contributed by atoms with E-state index in [0.717, 1.165) is 25.1 Å². The quantitative estimate of drug-likeness (QED) is 0.670. The Morgan fingerprint density at radius 2 is 1.95 bits per heavy atom. The van der Waals surface area contributed by atoms with Gasteiger partial charge in [0.1, 0.15) is 0 Å². The fourth-order valence-corrected chi connectivity index (χ4v) is 2.29. The van der Waals surface area contributed by atoms with Crippen molar-refractivity contribution in [3.05, 3.63) is 54.9 Å². The Morgan fingerprint density at radius 3 is 2.73 bits per heavy atom. The third kappa shape index (κ3) is 3.79. The molecule has 3 aromatic heterocycles. The van der Waals surface area contributed by atoms with Crippen LogP contribution in [0.15, 0.2) is 53.6 Å². The molecule has 0 saturated carbocycles. The lowest BCUT2D eigenvalue weighted by atomic mass is 10.2. The summed E-state index contributed by atoms with van der Waals surface area (Å²) in [6.07, 6.45) is 8.69. The molecule has 0 aliphatic rings. The minimum atomic E-state index is 0.609. The first-order valence-electron chi connectivity index (χ1n) is 7.33. The maximum absolute atomic E-state index is 5.31. The molecule has 0 unspecified atom stereocenters. The van der Waals surface area contributed by atoms with Crippen molar-refractivity contribution in [3.8, 4) is 11.4 Å². The molecule has 0 aliphatic carbocycles. The van der Waals surface area contributed by atoms with Crippen LogP contribution in [0.5, 0.6) is 0 Å². The van der Waals surface area contributed by atoms with Crippen molar-refractivity contribution in [2.45, 2.75) is 19.5 Å². The summed E-state index contributed by atoms with van der Waals surface area (Å²) in [4.78, 5) is 10.6. The number of pyridine rings is 1. The third-order valence-corrected chi connectivity index (χ3v) is 3.43. The van der Waals surface area contributed by atoms with E-state index in [0.29, 0.717) is 18.3 Å². The summed E-state index contributed by atoms with van der Waals surface area (Å²) in [5.41, 5.74) is 0.917. The Bertz CT molecular complexity index is 678. The predicted molar refractivity (Wildman–Crippen MR) is 82.9 cm³/mol. The summed E-state index contributed by atoms with van der Waals surface area (Å²) < 4.78 is 7.50. The maximum atomic E-state index is 5.31. The van der Waals surface area contributed by atoms with Crippen LogP contribution in [0.3, 0.4) is 0 Å². The highest BCUT2D eigenvalue weighted by atomic mass is 16.5. The number of hydrogen-bond donors (Lipinski definition) is 0. The van der Waals surface area contributed by atoms with E-state index in [2.05, 4.69) is 44.0 Å². The van der Waals surface area contributed by atoms with Crippen LogP contribution in [0.1, 0.15) is 12.3 Å². The van der Waals surface area contributed by atoms with Gasteiger partial charge in [-0.3, -0.25) is 9.88 Å². The Balaban J connectivity index is 1.49. The molecule has 6 heteroatoms. The summed E-state index contributed by atoms with van der Waals surface area (Å²) in [5.74, 6) is 1.24. The lowest BCUT2D eigenvalue weighted by molar-refractivity contribution is 0.261. The highest BCUT2D eigenvalue weighted by molar-refractivity contribution is 5.52. The van der Waals surface area contributed by atoms with Gasteiger partial charge in [0.15, 0.2) is 0 Å². The van der Waals surface area contributed by atoms with Crippen LogP contribution in [-0.4, -0.2) is 38.2 Å². The molecule has 0 N–H and O–H groups in total. The molecule has 0 aliphatic heterocycles. The first kappa shape index (κ1) is 14.5. The fourth-order valence-electron chi connectivity index (χ4n) is 2.29. The second-order valence-electron chi connectivity index (χ2n) is 5.26. The monoisotopic (exact) mass is 297 g/mol. The topological polar surface area (TPSA) is 60.0 Å². The molecule has 0 bridgehead atoms. The van der Waals surface area contributed by atoms with E-state index in [1.165, 1.54) is 0 Å². The third-order valence-electron chi connectivity index (χ3n) is 3.43. The summed E-state index contributed by atoms with van der Waals surface area (Å²) in [6, 6.07) is 7.83. The molecule has 6 nitrogen and oxygen atoms in total. The van der Waals surface area contributed by atoms with Crippen molar-refractivity contribution >= 4 is 0 Å². The molecule has 0 saturated heterocycles. The van der Waals surface area contributed by atoms with Crippen LogP contribution >= 0.6 is 0 Å². The van der Waals surface area contributed by atoms with Gasteiger partial charge in [0.05, 0.1) is 6.54 Å². The molecule has 22 heavy (non-hydrogen) atoms. The van der Waals surface area contributed by atoms with Crippen molar-refractivity contribution < 1.29 is 4.52 Å². The Hall–Kier alpha value is -2.47. The molecular weight excluding hydrogens is 278 g/mol.